The van der Waals surface area contributed by atoms with Crippen LogP contribution in [0.15, 0.2) is 48.6 Å². The zero-order chi connectivity index (χ0) is 18.2. The number of allylic oxidation sites excluding steroid dienone is 8. The SMILES string of the molecule is CC/C=C\C/C=C\C/C=C\C/C=C\CCC(=O)N(C)C(C)[CH](O)[Pb]. The van der Waals surface area contributed by atoms with Gasteiger partial charge >= 0.3 is 120 Å². The molecular formula is C20H32NO2Pb. The minimum absolute atomic E-state index is 0.0819. The number of carbonyl (C=O) groups excluding carboxylic acids is 1. The van der Waals surface area contributed by atoms with Crippen molar-refractivity contribution in [3.8, 4) is 0 Å². The van der Waals surface area contributed by atoms with Gasteiger partial charge in [0.25, 0.3) is 0 Å². The Hall–Kier alpha value is -0.688. The molecule has 0 aliphatic heterocycles. The molecule has 0 aliphatic carbocycles. The van der Waals surface area contributed by atoms with E-state index in [1.807, 2.05) is 6.92 Å². The third-order valence-corrected chi connectivity index (χ3v) is 5.58. The molecule has 3 radical (unpaired) electrons. The second-order valence-electron chi connectivity index (χ2n) is 5.73. The van der Waals surface area contributed by atoms with Crippen molar-refractivity contribution in [3.63, 3.8) is 0 Å². The van der Waals surface area contributed by atoms with Gasteiger partial charge in [0.2, 0.25) is 0 Å². The van der Waals surface area contributed by atoms with Gasteiger partial charge in [-0.05, 0) is 12.8 Å². The van der Waals surface area contributed by atoms with Crippen molar-refractivity contribution < 1.29 is 9.90 Å². The number of hydrogen-bond donors (Lipinski definition) is 1. The molecule has 0 fully saturated rings. The average Bonchev–Trinajstić information content (AvgIpc) is 2.57. The van der Waals surface area contributed by atoms with Gasteiger partial charge in [-0.1, -0.05) is 31.2 Å². The molecule has 0 saturated heterocycles. The number of rotatable bonds is 12. The summed E-state index contributed by atoms with van der Waals surface area (Å²) < 4.78 is -0.364. The average molecular weight is 526 g/mol. The molecule has 0 aromatic rings. The van der Waals surface area contributed by atoms with Gasteiger partial charge in [0, 0.05) is 0 Å². The van der Waals surface area contributed by atoms with Crippen molar-refractivity contribution in [2.24, 2.45) is 0 Å². The molecule has 0 aromatic carbocycles. The summed E-state index contributed by atoms with van der Waals surface area (Å²) in [6.45, 7) is 4.03. The Kier molecular flexibility index (Phi) is 15.4. The van der Waals surface area contributed by atoms with Crippen molar-refractivity contribution in [1.82, 2.24) is 4.90 Å². The quantitative estimate of drug-likeness (QED) is 0.310. The zero-order valence-electron chi connectivity index (χ0n) is 15.3. The molecule has 0 aromatic heterocycles. The first-order valence-corrected chi connectivity index (χ1v) is 11.0. The number of aliphatic hydroxyl groups excluding tert-OH is 1. The molecule has 1 amide bonds. The molecule has 0 spiro atoms. The molecule has 1 N–H and O–H groups in total. The van der Waals surface area contributed by atoms with Crippen LogP contribution in [-0.4, -0.2) is 58.4 Å². The Labute approximate surface area is 163 Å². The van der Waals surface area contributed by atoms with Gasteiger partial charge in [-0.3, -0.25) is 0 Å². The Morgan fingerprint density at radius 3 is 1.92 bits per heavy atom. The number of carbonyl (C=O) groups is 1. The molecule has 133 valence electrons. The Balaban J connectivity index is 3.77. The summed E-state index contributed by atoms with van der Waals surface area (Å²) >= 11 is 0.685. The Morgan fingerprint density at radius 1 is 1.00 bits per heavy atom. The van der Waals surface area contributed by atoms with Crippen molar-refractivity contribution in [2.75, 3.05) is 7.05 Å². The number of nitrogens with zero attached hydrogens (tertiary/aromatic N) is 1. The van der Waals surface area contributed by atoms with Gasteiger partial charge in [-0.15, -0.1) is 0 Å². The van der Waals surface area contributed by atoms with Crippen molar-refractivity contribution in [2.45, 2.75) is 62.1 Å². The van der Waals surface area contributed by atoms with Crippen LogP contribution in [0.4, 0.5) is 0 Å². The fourth-order valence-corrected chi connectivity index (χ4v) is 2.79. The van der Waals surface area contributed by atoms with Crippen LogP contribution in [0.3, 0.4) is 0 Å². The van der Waals surface area contributed by atoms with Crippen LogP contribution < -0.4 is 0 Å². The Bertz CT molecular complexity index is 439. The first-order valence-electron chi connectivity index (χ1n) is 8.75. The fourth-order valence-electron chi connectivity index (χ4n) is 1.92. The van der Waals surface area contributed by atoms with Crippen LogP contribution in [0.5, 0.6) is 0 Å². The second kappa shape index (κ2) is 15.8. The molecule has 0 bridgehead atoms. The summed E-state index contributed by atoms with van der Waals surface area (Å²) in [5.41, 5.74) is 0. The van der Waals surface area contributed by atoms with Gasteiger partial charge in [-0.2, -0.15) is 0 Å². The molecule has 24 heavy (non-hydrogen) atoms. The second-order valence-corrected chi connectivity index (χ2v) is 8.03. The predicted octanol–water partition coefficient (Wildman–Crippen LogP) is 3.91. The molecule has 0 heterocycles. The topological polar surface area (TPSA) is 40.5 Å². The van der Waals surface area contributed by atoms with Crippen LogP contribution in [0.25, 0.3) is 0 Å². The van der Waals surface area contributed by atoms with E-state index >= 15 is 0 Å². The van der Waals surface area contributed by atoms with Crippen LogP contribution >= 0.6 is 0 Å². The molecule has 3 nitrogen and oxygen atoms in total. The van der Waals surface area contributed by atoms with Crippen molar-refractivity contribution in [3.05, 3.63) is 48.6 Å². The van der Waals surface area contributed by atoms with E-state index in [1.54, 1.807) is 11.9 Å². The molecule has 2 unspecified atom stereocenters. The molecule has 0 saturated carbocycles. The number of likely N-dealkylation sites (N-methyl/N-ethyl adjacent to an activating group) is 1. The number of aliphatic hydroxyl groups is 1. The summed E-state index contributed by atoms with van der Waals surface area (Å²) in [5.74, 6) is 0.0971. The fraction of sp³-hybridized carbons (Fsp3) is 0.550. The maximum atomic E-state index is 12.0. The van der Waals surface area contributed by atoms with Gasteiger partial charge < -0.3 is 0 Å². The predicted molar refractivity (Wildman–Crippen MR) is 104 cm³/mol. The first-order chi connectivity index (χ1) is 11.5. The molecule has 0 rings (SSSR count). The van der Waals surface area contributed by atoms with E-state index in [2.05, 4.69) is 55.5 Å². The van der Waals surface area contributed by atoms with Gasteiger partial charge in [0.05, 0.1) is 0 Å². The summed E-state index contributed by atoms with van der Waals surface area (Å²) in [7, 11) is 1.77. The van der Waals surface area contributed by atoms with E-state index in [1.165, 1.54) is 0 Å². The standard InChI is InChI=1S/C20H32NO2.Pb/c1-4-5-6-7-8-9-10-11-12-13-14-15-16-17-20(23)21(3)19(2)18-22;/h5-6,8-9,11-12,14-15,18-19,22H,4,7,10,13,16-17H2,1-3H3;/b6-5-,9-8-,12-11-,15-14-;. The van der Waals surface area contributed by atoms with Gasteiger partial charge in [0.1, 0.15) is 0 Å². The molecule has 0 aliphatic rings. The van der Waals surface area contributed by atoms with E-state index < -0.39 is 0 Å². The van der Waals surface area contributed by atoms with Gasteiger partial charge in [0.15, 0.2) is 0 Å². The van der Waals surface area contributed by atoms with Crippen molar-refractivity contribution in [1.29, 1.82) is 0 Å². The third kappa shape index (κ3) is 12.7. The molecular weight excluding hydrogens is 493 g/mol. The van der Waals surface area contributed by atoms with E-state index in [4.69, 9.17) is 0 Å². The first kappa shape index (κ1) is 23.3. The zero-order valence-corrected chi connectivity index (χ0v) is 19.2. The summed E-state index contributed by atoms with van der Waals surface area (Å²) in [6, 6.07) is -0.0819. The summed E-state index contributed by atoms with van der Waals surface area (Å²) in [6.07, 6.45) is 22.5. The number of amides is 1. The van der Waals surface area contributed by atoms with Crippen LogP contribution in [0.1, 0.15) is 52.4 Å². The van der Waals surface area contributed by atoms with E-state index in [-0.39, 0.29) is 15.6 Å². The monoisotopic (exact) mass is 526 g/mol. The van der Waals surface area contributed by atoms with Crippen molar-refractivity contribution >= 4 is 31.7 Å². The van der Waals surface area contributed by atoms with E-state index in [0.29, 0.717) is 32.2 Å². The van der Waals surface area contributed by atoms with Crippen LogP contribution in [-0.2, 0) is 4.79 Å². The van der Waals surface area contributed by atoms with E-state index in [0.717, 1.165) is 32.1 Å². The normalized spacial score (nSPS) is 15.0. The molecule has 2 atom stereocenters. The van der Waals surface area contributed by atoms with E-state index in [9.17, 15) is 9.90 Å². The minimum atomic E-state index is -0.364. The Morgan fingerprint density at radius 2 is 1.46 bits per heavy atom. The maximum absolute atomic E-state index is 12.0. The van der Waals surface area contributed by atoms with Crippen LogP contribution in [0, 0.1) is 0 Å². The molecule has 4 heteroatoms. The third-order valence-electron chi connectivity index (χ3n) is 3.70. The summed E-state index contributed by atoms with van der Waals surface area (Å²) in [4.78, 5) is 13.6. The number of hydrogen-bond acceptors (Lipinski definition) is 2. The van der Waals surface area contributed by atoms with Gasteiger partial charge in [-0.25, -0.2) is 0 Å². The summed E-state index contributed by atoms with van der Waals surface area (Å²) in [5, 5.41) is 9.56. The van der Waals surface area contributed by atoms with Crippen LogP contribution in [0.2, 0.25) is 0 Å².